The van der Waals surface area contributed by atoms with Crippen LogP contribution in [0.4, 0.5) is 4.39 Å². The normalized spacial score (nSPS) is 11.8. The summed E-state index contributed by atoms with van der Waals surface area (Å²) in [7, 11) is 0. The topological polar surface area (TPSA) is 33.6 Å². The van der Waals surface area contributed by atoms with E-state index in [0.717, 1.165) is 0 Å². The molecule has 0 spiro atoms. The molecule has 0 atom stereocenters. The van der Waals surface area contributed by atoms with Gasteiger partial charge in [0.25, 0.3) is 0 Å². The van der Waals surface area contributed by atoms with Crippen molar-refractivity contribution < 1.29 is 4.39 Å². The maximum Gasteiger partial charge on any atom is 0.195 e. The highest BCUT2D eigenvalue weighted by Gasteiger charge is 2.22. The SMILES string of the molecule is CC(C)(C)n1c(-c2cccc(F)c2Cl)n[nH]c1=S. The first-order valence-electron chi connectivity index (χ1n) is 5.44. The van der Waals surface area contributed by atoms with Crippen molar-refractivity contribution in [2.75, 3.05) is 0 Å². The molecule has 0 bridgehead atoms. The van der Waals surface area contributed by atoms with Gasteiger partial charge in [0.15, 0.2) is 10.6 Å². The molecule has 1 aromatic carbocycles. The van der Waals surface area contributed by atoms with E-state index in [2.05, 4.69) is 10.2 Å². The number of nitrogens with one attached hydrogen (secondary N) is 1. The second-order valence-corrected chi connectivity index (χ2v) is 5.72. The van der Waals surface area contributed by atoms with Gasteiger partial charge in [-0.15, -0.1) is 0 Å². The Morgan fingerprint density at radius 3 is 2.67 bits per heavy atom. The lowest BCUT2D eigenvalue weighted by atomic mass is 10.1. The molecular formula is C12H13ClFN3S. The zero-order valence-corrected chi connectivity index (χ0v) is 11.9. The molecule has 3 nitrogen and oxygen atoms in total. The molecule has 0 aliphatic carbocycles. The van der Waals surface area contributed by atoms with Crippen molar-refractivity contribution in [3.05, 3.63) is 33.8 Å². The van der Waals surface area contributed by atoms with Crippen LogP contribution in [0.1, 0.15) is 20.8 Å². The molecule has 6 heteroatoms. The van der Waals surface area contributed by atoms with E-state index in [0.29, 0.717) is 16.2 Å². The molecule has 0 saturated carbocycles. The van der Waals surface area contributed by atoms with Gasteiger partial charge in [-0.2, -0.15) is 5.10 Å². The van der Waals surface area contributed by atoms with E-state index >= 15 is 0 Å². The highest BCUT2D eigenvalue weighted by Crippen LogP contribution is 2.31. The summed E-state index contributed by atoms with van der Waals surface area (Å²) >= 11 is 11.2. The van der Waals surface area contributed by atoms with Gasteiger partial charge in [-0.1, -0.05) is 17.7 Å². The van der Waals surface area contributed by atoms with E-state index in [1.807, 2.05) is 25.3 Å². The first kappa shape index (κ1) is 13.2. The van der Waals surface area contributed by atoms with Gasteiger partial charge in [-0.3, -0.25) is 9.67 Å². The van der Waals surface area contributed by atoms with Gasteiger partial charge in [0.2, 0.25) is 0 Å². The number of nitrogens with zero attached hydrogens (tertiary/aromatic N) is 2. The van der Waals surface area contributed by atoms with Crippen LogP contribution < -0.4 is 0 Å². The number of H-pyrrole nitrogens is 1. The Morgan fingerprint density at radius 2 is 2.06 bits per heavy atom. The van der Waals surface area contributed by atoms with Crippen molar-refractivity contribution in [1.82, 2.24) is 14.8 Å². The molecule has 0 unspecified atom stereocenters. The number of aromatic amines is 1. The molecule has 2 rings (SSSR count). The Bertz CT molecular complexity index is 640. The van der Waals surface area contributed by atoms with Gasteiger partial charge in [0.05, 0.1) is 5.02 Å². The molecule has 0 radical (unpaired) electrons. The van der Waals surface area contributed by atoms with Gasteiger partial charge in [0.1, 0.15) is 5.82 Å². The van der Waals surface area contributed by atoms with Crippen LogP contribution in [0.2, 0.25) is 5.02 Å². The quantitative estimate of drug-likeness (QED) is 0.799. The predicted octanol–water partition coefficient (Wildman–Crippen LogP) is 4.16. The lowest BCUT2D eigenvalue weighted by Gasteiger charge is -2.22. The lowest BCUT2D eigenvalue weighted by Crippen LogP contribution is -2.23. The molecule has 0 aliphatic heterocycles. The summed E-state index contributed by atoms with van der Waals surface area (Å²) in [5.74, 6) is 0.0699. The van der Waals surface area contributed by atoms with E-state index in [1.54, 1.807) is 12.1 Å². The zero-order chi connectivity index (χ0) is 13.5. The van der Waals surface area contributed by atoms with Crippen LogP contribution in [0, 0.1) is 10.6 Å². The first-order chi connectivity index (χ1) is 8.32. The van der Waals surface area contributed by atoms with E-state index < -0.39 is 5.82 Å². The third-order valence-electron chi connectivity index (χ3n) is 2.54. The molecular weight excluding hydrogens is 273 g/mol. The molecule has 0 aliphatic rings. The van der Waals surface area contributed by atoms with E-state index in [-0.39, 0.29) is 10.6 Å². The highest BCUT2D eigenvalue weighted by molar-refractivity contribution is 7.71. The molecule has 0 saturated heterocycles. The van der Waals surface area contributed by atoms with Crippen LogP contribution in [-0.2, 0) is 5.54 Å². The number of aromatic nitrogens is 3. The van der Waals surface area contributed by atoms with Gasteiger partial charge >= 0.3 is 0 Å². The van der Waals surface area contributed by atoms with Gasteiger partial charge in [0, 0.05) is 11.1 Å². The van der Waals surface area contributed by atoms with Crippen molar-refractivity contribution in [2.24, 2.45) is 0 Å². The van der Waals surface area contributed by atoms with Crippen LogP contribution in [0.25, 0.3) is 11.4 Å². The minimum atomic E-state index is -0.469. The summed E-state index contributed by atoms with van der Waals surface area (Å²) in [4.78, 5) is 0. The molecule has 1 N–H and O–H groups in total. The Kier molecular flexibility index (Phi) is 3.29. The van der Waals surface area contributed by atoms with Crippen molar-refractivity contribution in [2.45, 2.75) is 26.3 Å². The molecule has 0 fully saturated rings. The fourth-order valence-electron chi connectivity index (χ4n) is 1.78. The predicted molar refractivity (Wildman–Crippen MR) is 72.8 cm³/mol. The van der Waals surface area contributed by atoms with E-state index in [1.165, 1.54) is 6.07 Å². The number of hydrogen-bond donors (Lipinski definition) is 1. The average molecular weight is 286 g/mol. The fraction of sp³-hybridized carbons (Fsp3) is 0.333. The van der Waals surface area contributed by atoms with Gasteiger partial charge < -0.3 is 0 Å². The average Bonchev–Trinajstić information content (AvgIpc) is 2.64. The fourth-order valence-corrected chi connectivity index (χ4v) is 2.39. The lowest BCUT2D eigenvalue weighted by molar-refractivity contribution is 0.395. The van der Waals surface area contributed by atoms with Crippen LogP contribution in [0.3, 0.4) is 0 Å². The minimum Gasteiger partial charge on any atom is -0.295 e. The van der Waals surface area contributed by atoms with Crippen LogP contribution in [-0.4, -0.2) is 14.8 Å². The summed E-state index contributed by atoms with van der Waals surface area (Å²) in [6, 6.07) is 4.63. The first-order valence-corrected chi connectivity index (χ1v) is 6.23. The second-order valence-electron chi connectivity index (χ2n) is 4.96. The monoisotopic (exact) mass is 285 g/mol. The third kappa shape index (κ3) is 2.20. The van der Waals surface area contributed by atoms with Crippen LogP contribution >= 0.6 is 23.8 Å². The largest absolute Gasteiger partial charge is 0.295 e. The molecule has 96 valence electrons. The van der Waals surface area contributed by atoms with E-state index in [4.69, 9.17) is 23.8 Å². The van der Waals surface area contributed by atoms with Crippen molar-refractivity contribution in [3.63, 3.8) is 0 Å². The van der Waals surface area contributed by atoms with Crippen LogP contribution in [0.5, 0.6) is 0 Å². The highest BCUT2D eigenvalue weighted by atomic mass is 35.5. The number of hydrogen-bond acceptors (Lipinski definition) is 2. The third-order valence-corrected chi connectivity index (χ3v) is 3.19. The number of halogens is 2. The van der Waals surface area contributed by atoms with Crippen molar-refractivity contribution in [3.8, 4) is 11.4 Å². The maximum absolute atomic E-state index is 13.5. The smallest absolute Gasteiger partial charge is 0.195 e. The minimum absolute atomic E-state index is 0.0528. The second kappa shape index (κ2) is 4.48. The zero-order valence-electron chi connectivity index (χ0n) is 10.3. The molecule has 2 aromatic rings. The Morgan fingerprint density at radius 1 is 1.39 bits per heavy atom. The van der Waals surface area contributed by atoms with Gasteiger partial charge in [-0.25, -0.2) is 4.39 Å². The Labute approximate surface area is 115 Å². The maximum atomic E-state index is 13.5. The summed E-state index contributed by atoms with van der Waals surface area (Å²) in [6.07, 6.45) is 0. The summed E-state index contributed by atoms with van der Waals surface area (Å²) in [6.45, 7) is 5.99. The summed E-state index contributed by atoms with van der Waals surface area (Å²) < 4.78 is 15.8. The molecule has 0 amide bonds. The van der Waals surface area contributed by atoms with Gasteiger partial charge in [-0.05, 0) is 45.1 Å². The number of rotatable bonds is 1. The summed E-state index contributed by atoms with van der Waals surface area (Å²) in [5.41, 5.74) is 0.258. The van der Waals surface area contributed by atoms with Crippen molar-refractivity contribution >= 4 is 23.8 Å². The standard InChI is InChI=1S/C12H13ClFN3S/c1-12(2,3)17-10(15-16-11(17)18)7-5-4-6-8(14)9(7)13/h4-6H,1-3H3,(H,16,18). The Balaban J connectivity index is 2.74. The molecule has 1 heterocycles. The van der Waals surface area contributed by atoms with Crippen LogP contribution in [0.15, 0.2) is 18.2 Å². The molecule has 18 heavy (non-hydrogen) atoms. The van der Waals surface area contributed by atoms with Crippen molar-refractivity contribution in [1.29, 1.82) is 0 Å². The van der Waals surface area contributed by atoms with E-state index in [9.17, 15) is 4.39 Å². The molecule has 1 aromatic heterocycles. The number of benzene rings is 1. The summed E-state index contributed by atoms with van der Waals surface area (Å²) in [5, 5.41) is 6.93. The Hall–Kier alpha value is -1.20.